The third-order valence-corrected chi connectivity index (χ3v) is 4.92. The molecule has 0 aliphatic carbocycles. The van der Waals surface area contributed by atoms with Crippen molar-refractivity contribution in [1.82, 2.24) is 9.97 Å². The van der Waals surface area contributed by atoms with E-state index >= 15 is 0 Å². The van der Waals surface area contributed by atoms with Gasteiger partial charge in [0.2, 0.25) is 0 Å². The van der Waals surface area contributed by atoms with Crippen LogP contribution in [0.1, 0.15) is 22.4 Å². The average molecular weight is 343 g/mol. The maximum Gasteiger partial charge on any atom is 0.127 e. The number of nitriles is 1. The SMILES string of the molecule is CCc1cnc(CCNc2cc(C#N)c3cc(Cl)ccc3n2)s1. The molecule has 0 aliphatic heterocycles. The maximum absolute atomic E-state index is 9.33. The van der Waals surface area contributed by atoms with Gasteiger partial charge in [-0.3, -0.25) is 0 Å². The molecule has 0 saturated heterocycles. The molecule has 6 heteroatoms. The lowest BCUT2D eigenvalue weighted by molar-refractivity contribution is 0.988. The molecule has 0 radical (unpaired) electrons. The van der Waals surface area contributed by atoms with E-state index in [4.69, 9.17) is 11.6 Å². The first-order valence-electron chi connectivity index (χ1n) is 7.37. The summed E-state index contributed by atoms with van der Waals surface area (Å²) in [5.74, 6) is 0.698. The normalized spacial score (nSPS) is 10.7. The number of aryl methyl sites for hydroxylation is 1. The van der Waals surface area contributed by atoms with Gasteiger partial charge in [0.25, 0.3) is 0 Å². The van der Waals surface area contributed by atoms with Crippen LogP contribution in [0.5, 0.6) is 0 Å². The maximum atomic E-state index is 9.33. The van der Waals surface area contributed by atoms with Crippen molar-refractivity contribution >= 4 is 39.7 Å². The first-order valence-corrected chi connectivity index (χ1v) is 8.57. The van der Waals surface area contributed by atoms with Crippen molar-refractivity contribution in [2.45, 2.75) is 19.8 Å². The predicted molar refractivity (Wildman–Crippen MR) is 95.2 cm³/mol. The molecule has 2 heterocycles. The molecular weight excluding hydrogens is 328 g/mol. The number of benzene rings is 1. The Bertz CT molecular complexity index is 882. The van der Waals surface area contributed by atoms with E-state index in [1.54, 1.807) is 29.5 Å². The Morgan fingerprint density at radius 2 is 2.22 bits per heavy atom. The van der Waals surface area contributed by atoms with Crippen molar-refractivity contribution in [3.63, 3.8) is 0 Å². The Morgan fingerprint density at radius 1 is 1.35 bits per heavy atom. The minimum absolute atomic E-state index is 0.572. The van der Waals surface area contributed by atoms with E-state index in [1.165, 1.54) is 4.88 Å². The molecule has 0 unspecified atom stereocenters. The molecule has 116 valence electrons. The van der Waals surface area contributed by atoms with E-state index in [0.29, 0.717) is 16.4 Å². The molecule has 0 atom stereocenters. The largest absolute Gasteiger partial charge is 0.370 e. The van der Waals surface area contributed by atoms with Crippen molar-refractivity contribution in [2.24, 2.45) is 0 Å². The van der Waals surface area contributed by atoms with Gasteiger partial charge in [-0.15, -0.1) is 11.3 Å². The summed E-state index contributed by atoms with van der Waals surface area (Å²) in [6.07, 6.45) is 3.80. The lowest BCUT2D eigenvalue weighted by atomic mass is 10.1. The van der Waals surface area contributed by atoms with E-state index in [-0.39, 0.29) is 0 Å². The molecule has 4 nitrogen and oxygen atoms in total. The number of pyridine rings is 1. The number of thiazole rings is 1. The van der Waals surface area contributed by atoms with Gasteiger partial charge < -0.3 is 5.32 Å². The van der Waals surface area contributed by atoms with Gasteiger partial charge in [0, 0.05) is 34.4 Å². The predicted octanol–water partition coefficient (Wildman–Crippen LogP) is 4.43. The quantitative estimate of drug-likeness (QED) is 0.744. The van der Waals surface area contributed by atoms with Crippen molar-refractivity contribution < 1.29 is 0 Å². The number of fused-ring (bicyclic) bond motifs is 1. The van der Waals surface area contributed by atoms with Gasteiger partial charge >= 0.3 is 0 Å². The highest BCUT2D eigenvalue weighted by atomic mass is 35.5. The first-order chi connectivity index (χ1) is 11.2. The summed E-state index contributed by atoms with van der Waals surface area (Å²) in [7, 11) is 0. The Morgan fingerprint density at radius 3 is 2.96 bits per heavy atom. The number of nitrogens with zero attached hydrogens (tertiary/aromatic N) is 3. The molecule has 0 amide bonds. The number of aromatic nitrogens is 2. The van der Waals surface area contributed by atoms with Crippen molar-refractivity contribution in [2.75, 3.05) is 11.9 Å². The van der Waals surface area contributed by atoms with Crippen LogP contribution in [0.15, 0.2) is 30.5 Å². The Kier molecular flexibility index (Phi) is 4.75. The molecule has 0 aliphatic rings. The summed E-state index contributed by atoms with van der Waals surface area (Å²) in [5, 5.41) is 15.1. The van der Waals surface area contributed by atoms with Gasteiger partial charge in [-0.1, -0.05) is 18.5 Å². The highest BCUT2D eigenvalue weighted by Crippen LogP contribution is 2.24. The van der Waals surface area contributed by atoms with Crippen LogP contribution in [-0.2, 0) is 12.8 Å². The molecule has 23 heavy (non-hydrogen) atoms. The summed E-state index contributed by atoms with van der Waals surface area (Å²) in [4.78, 5) is 10.2. The van der Waals surface area contributed by atoms with Crippen molar-refractivity contribution in [3.05, 3.63) is 50.9 Å². The van der Waals surface area contributed by atoms with Gasteiger partial charge in [0.15, 0.2) is 0 Å². The number of halogens is 1. The van der Waals surface area contributed by atoms with Crippen LogP contribution in [0.4, 0.5) is 5.82 Å². The fraction of sp³-hybridized carbons (Fsp3) is 0.235. The van der Waals surface area contributed by atoms with Crippen LogP contribution in [0.25, 0.3) is 10.9 Å². The van der Waals surface area contributed by atoms with Gasteiger partial charge in [0.1, 0.15) is 5.82 Å². The topological polar surface area (TPSA) is 61.6 Å². The number of anilines is 1. The van der Waals surface area contributed by atoms with E-state index in [0.717, 1.165) is 35.3 Å². The Balaban J connectivity index is 1.75. The summed E-state index contributed by atoms with van der Waals surface area (Å²) >= 11 is 7.74. The van der Waals surface area contributed by atoms with Crippen LogP contribution in [0.2, 0.25) is 5.02 Å². The highest BCUT2D eigenvalue weighted by molar-refractivity contribution is 7.11. The third kappa shape index (κ3) is 3.61. The zero-order valence-electron chi connectivity index (χ0n) is 12.6. The second-order valence-electron chi connectivity index (χ2n) is 5.08. The molecule has 0 saturated carbocycles. The minimum Gasteiger partial charge on any atom is -0.370 e. The number of hydrogen-bond donors (Lipinski definition) is 1. The van der Waals surface area contributed by atoms with Crippen LogP contribution in [0.3, 0.4) is 0 Å². The van der Waals surface area contributed by atoms with E-state index in [9.17, 15) is 5.26 Å². The molecule has 3 aromatic rings. The Labute approximate surface area is 143 Å². The van der Waals surface area contributed by atoms with Gasteiger partial charge in [-0.2, -0.15) is 5.26 Å². The molecule has 0 spiro atoms. The number of hydrogen-bond acceptors (Lipinski definition) is 5. The van der Waals surface area contributed by atoms with Crippen LogP contribution in [-0.4, -0.2) is 16.5 Å². The summed E-state index contributed by atoms with van der Waals surface area (Å²) in [6.45, 7) is 2.86. The second kappa shape index (κ2) is 6.95. The molecule has 1 N–H and O–H groups in total. The third-order valence-electron chi connectivity index (χ3n) is 3.49. The van der Waals surface area contributed by atoms with E-state index in [2.05, 4.69) is 28.3 Å². The van der Waals surface area contributed by atoms with E-state index < -0.39 is 0 Å². The van der Waals surface area contributed by atoms with Crippen molar-refractivity contribution in [3.8, 4) is 6.07 Å². The molecular formula is C17H15ClN4S. The smallest absolute Gasteiger partial charge is 0.127 e. The molecule has 3 rings (SSSR count). The Hall–Kier alpha value is -2.16. The minimum atomic E-state index is 0.572. The lowest BCUT2D eigenvalue weighted by Gasteiger charge is -2.07. The fourth-order valence-corrected chi connectivity index (χ4v) is 3.34. The van der Waals surface area contributed by atoms with Crippen LogP contribution in [0, 0.1) is 11.3 Å². The van der Waals surface area contributed by atoms with Gasteiger partial charge in [-0.05, 0) is 30.7 Å². The van der Waals surface area contributed by atoms with Crippen LogP contribution >= 0.6 is 22.9 Å². The molecule has 0 fully saturated rings. The molecule has 1 aromatic carbocycles. The lowest BCUT2D eigenvalue weighted by Crippen LogP contribution is -2.06. The highest BCUT2D eigenvalue weighted by Gasteiger charge is 2.07. The standard InChI is InChI=1S/C17H15ClN4S/c1-2-13-10-21-17(23-13)5-6-20-16-7-11(9-19)14-8-12(18)3-4-15(14)22-16/h3-4,7-8,10H,2,5-6H2,1H3,(H,20,22). The van der Waals surface area contributed by atoms with E-state index in [1.807, 2.05) is 12.3 Å². The monoisotopic (exact) mass is 342 g/mol. The fourth-order valence-electron chi connectivity index (χ4n) is 2.31. The molecule has 2 aromatic heterocycles. The summed E-state index contributed by atoms with van der Waals surface area (Å²) in [5.41, 5.74) is 1.33. The second-order valence-corrected chi connectivity index (χ2v) is 6.72. The van der Waals surface area contributed by atoms with Crippen molar-refractivity contribution in [1.29, 1.82) is 5.26 Å². The zero-order chi connectivity index (χ0) is 16.2. The summed E-state index contributed by atoms with van der Waals surface area (Å²) < 4.78 is 0. The molecule has 0 bridgehead atoms. The first kappa shape index (κ1) is 15.7. The average Bonchev–Trinajstić information content (AvgIpc) is 3.02. The summed E-state index contributed by atoms with van der Waals surface area (Å²) in [6, 6.07) is 9.35. The van der Waals surface area contributed by atoms with Gasteiger partial charge in [0.05, 0.1) is 22.2 Å². The zero-order valence-corrected chi connectivity index (χ0v) is 14.2. The number of nitrogens with one attached hydrogen (secondary N) is 1. The van der Waals surface area contributed by atoms with Crippen LogP contribution < -0.4 is 5.32 Å². The van der Waals surface area contributed by atoms with Gasteiger partial charge in [-0.25, -0.2) is 9.97 Å². The number of rotatable bonds is 5.